The molecule has 1 aromatic carbocycles. The molecule has 0 unspecified atom stereocenters. The fourth-order valence-electron chi connectivity index (χ4n) is 1.11. The lowest BCUT2D eigenvalue weighted by Crippen LogP contribution is -1.99. The maximum atomic E-state index is 5.64. The van der Waals surface area contributed by atoms with E-state index in [1.165, 1.54) is 11.9 Å². The van der Waals surface area contributed by atoms with Crippen molar-refractivity contribution in [1.82, 2.24) is 0 Å². The van der Waals surface area contributed by atoms with Crippen LogP contribution in [-0.4, -0.2) is 0 Å². The van der Waals surface area contributed by atoms with Crippen molar-refractivity contribution in [2.24, 2.45) is 10.9 Å². The van der Waals surface area contributed by atoms with Crippen molar-refractivity contribution in [3.8, 4) is 0 Å². The molecule has 0 spiro atoms. The molecule has 0 atom stereocenters. The molecule has 70 valence electrons. The number of rotatable bonds is 2. The fourth-order valence-corrected chi connectivity index (χ4v) is 2.20. The first-order chi connectivity index (χ1) is 6.06. The molecule has 0 bridgehead atoms. The molecule has 2 nitrogen and oxygen atoms in total. The Bertz CT molecular complexity index is 350. The van der Waals surface area contributed by atoms with Crippen molar-refractivity contribution >= 4 is 33.6 Å². The van der Waals surface area contributed by atoms with Crippen LogP contribution in [0.5, 0.6) is 0 Å². The van der Waals surface area contributed by atoms with Crippen LogP contribution in [0.4, 0.5) is 0 Å². The van der Waals surface area contributed by atoms with Crippen molar-refractivity contribution in [2.45, 2.75) is 11.8 Å². The van der Waals surface area contributed by atoms with Crippen LogP contribution in [0.3, 0.4) is 0 Å². The summed E-state index contributed by atoms with van der Waals surface area (Å²) in [7, 11) is 0. The van der Waals surface area contributed by atoms with Crippen molar-refractivity contribution in [1.29, 1.82) is 0 Å². The van der Waals surface area contributed by atoms with Crippen LogP contribution in [0.15, 0.2) is 28.1 Å². The lowest BCUT2D eigenvalue weighted by molar-refractivity contribution is 1.25. The number of nitrogens with two attached hydrogens (primary N) is 2. The van der Waals surface area contributed by atoms with E-state index >= 15 is 0 Å². The van der Waals surface area contributed by atoms with Gasteiger partial charge in [-0.3, -0.25) is 5.14 Å². The average molecular weight is 259 g/mol. The second-order valence-electron chi connectivity index (χ2n) is 2.72. The molecule has 13 heavy (non-hydrogen) atoms. The van der Waals surface area contributed by atoms with Crippen LogP contribution in [-0.2, 0) is 0 Å². The minimum Gasteiger partial charge on any atom is -0.399 e. The molecule has 0 aliphatic rings. The molecular formula is C9H11BrN2S. The first kappa shape index (κ1) is 10.6. The zero-order chi connectivity index (χ0) is 10.0. The van der Waals surface area contributed by atoms with E-state index in [1.54, 1.807) is 0 Å². The van der Waals surface area contributed by atoms with Gasteiger partial charge in [0.2, 0.25) is 0 Å². The standard InChI is InChI=1S/C9H11BrN2S/c1-5-8(6(2)11)3-7(10)4-9(5)13-12/h3-4H,2,11-12H2,1H3. The highest BCUT2D eigenvalue weighted by atomic mass is 79.9. The Morgan fingerprint density at radius 2 is 2.15 bits per heavy atom. The molecule has 0 amide bonds. The molecule has 0 saturated heterocycles. The summed E-state index contributed by atoms with van der Waals surface area (Å²) in [6.07, 6.45) is 0. The largest absolute Gasteiger partial charge is 0.399 e. The van der Waals surface area contributed by atoms with Gasteiger partial charge in [0.25, 0.3) is 0 Å². The molecule has 1 aromatic rings. The van der Waals surface area contributed by atoms with Gasteiger partial charge < -0.3 is 5.73 Å². The minimum absolute atomic E-state index is 0.564. The van der Waals surface area contributed by atoms with Gasteiger partial charge in [-0.1, -0.05) is 22.5 Å². The van der Waals surface area contributed by atoms with E-state index in [-0.39, 0.29) is 0 Å². The van der Waals surface area contributed by atoms with Crippen molar-refractivity contribution < 1.29 is 0 Å². The maximum Gasteiger partial charge on any atom is 0.0318 e. The molecule has 0 aliphatic carbocycles. The summed E-state index contributed by atoms with van der Waals surface area (Å²) < 4.78 is 0.965. The average Bonchev–Trinajstić information content (AvgIpc) is 2.08. The van der Waals surface area contributed by atoms with E-state index in [1.807, 2.05) is 19.1 Å². The fraction of sp³-hybridized carbons (Fsp3) is 0.111. The Hall–Kier alpha value is -0.450. The van der Waals surface area contributed by atoms with Gasteiger partial charge in [-0.15, -0.1) is 0 Å². The van der Waals surface area contributed by atoms with Gasteiger partial charge in [-0.05, 0) is 36.6 Å². The van der Waals surface area contributed by atoms with Gasteiger partial charge in [-0.25, -0.2) is 0 Å². The Balaban J connectivity index is 3.35. The highest BCUT2D eigenvalue weighted by Crippen LogP contribution is 2.28. The summed E-state index contributed by atoms with van der Waals surface area (Å²) in [5, 5.41) is 5.51. The van der Waals surface area contributed by atoms with E-state index in [4.69, 9.17) is 10.9 Å². The molecular weight excluding hydrogens is 248 g/mol. The van der Waals surface area contributed by atoms with E-state index < -0.39 is 0 Å². The third-order valence-electron chi connectivity index (χ3n) is 1.80. The van der Waals surface area contributed by atoms with Gasteiger partial charge in [0.1, 0.15) is 0 Å². The predicted octanol–water partition coefficient (Wildman–Crippen LogP) is 2.65. The second kappa shape index (κ2) is 4.17. The van der Waals surface area contributed by atoms with Crippen LogP contribution >= 0.6 is 27.9 Å². The Kier molecular flexibility index (Phi) is 3.41. The monoisotopic (exact) mass is 258 g/mol. The summed E-state index contributed by atoms with van der Waals surface area (Å²) in [5.41, 5.74) is 8.22. The van der Waals surface area contributed by atoms with E-state index in [2.05, 4.69) is 22.5 Å². The molecule has 0 heterocycles. The molecule has 0 radical (unpaired) electrons. The Morgan fingerprint density at radius 3 is 2.62 bits per heavy atom. The number of hydrogen-bond donors (Lipinski definition) is 2. The number of halogens is 1. The molecule has 4 N–H and O–H groups in total. The zero-order valence-corrected chi connectivity index (χ0v) is 9.71. The lowest BCUT2D eigenvalue weighted by Gasteiger charge is -2.09. The SMILES string of the molecule is C=C(N)c1cc(Br)cc(SN)c1C. The van der Waals surface area contributed by atoms with Gasteiger partial charge in [0.15, 0.2) is 0 Å². The molecule has 1 rings (SSSR count). The van der Waals surface area contributed by atoms with Crippen LogP contribution in [0, 0.1) is 6.92 Å². The van der Waals surface area contributed by atoms with Crippen LogP contribution in [0.1, 0.15) is 11.1 Å². The summed E-state index contributed by atoms with van der Waals surface area (Å²) in [5.74, 6) is 0. The van der Waals surface area contributed by atoms with Gasteiger partial charge in [0, 0.05) is 20.6 Å². The highest BCUT2D eigenvalue weighted by Gasteiger charge is 2.06. The van der Waals surface area contributed by atoms with Crippen molar-refractivity contribution in [3.63, 3.8) is 0 Å². The molecule has 0 aliphatic heterocycles. The topological polar surface area (TPSA) is 52.0 Å². The van der Waals surface area contributed by atoms with E-state index in [0.717, 1.165) is 20.5 Å². The molecule has 0 fully saturated rings. The number of benzene rings is 1. The summed E-state index contributed by atoms with van der Waals surface area (Å²) in [4.78, 5) is 1.01. The molecule has 4 heteroatoms. The molecule has 0 saturated carbocycles. The quantitative estimate of drug-likeness (QED) is 0.803. The molecule has 0 aromatic heterocycles. The number of hydrogen-bond acceptors (Lipinski definition) is 3. The summed E-state index contributed by atoms with van der Waals surface area (Å²) >= 11 is 4.61. The van der Waals surface area contributed by atoms with Crippen LogP contribution in [0.2, 0.25) is 0 Å². The Labute approximate surface area is 90.6 Å². The lowest BCUT2D eigenvalue weighted by atomic mass is 10.1. The third kappa shape index (κ3) is 2.27. The summed E-state index contributed by atoms with van der Waals surface area (Å²) in [6, 6.07) is 3.91. The Morgan fingerprint density at radius 1 is 1.54 bits per heavy atom. The minimum atomic E-state index is 0.564. The van der Waals surface area contributed by atoms with Gasteiger partial charge >= 0.3 is 0 Å². The second-order valence-corrected chi connectivity index (χ2v) is 4.31. The van der Waals surface area contributed by atoms with E-state index in [9.17, 15) is 0 Å². The van der Waals surface area contributed by atoms with Crippen LogP contribution in [0.25, 0.3) is 5.70 Å². The third-order valence-corrected chi connectivity index (χ3v) is 2.93. The maximum absolute atomic E-state index is 5.64. The normalized spacial score (nSPS) is 10.1. The summed E-state index contributed by atoms with van der Waals surface area (Å²) in [6.45, 7) is 5.69. The smallest absolute Gasteiger partial charge is 0.0318 e. The van der Waals surface area contributed by atoms with Crippen molar-refractivity contribution in [3.05, 3.63) is 34.3 Å². The van der Waals surface area contributed by atoms with Crippen LogP contribution < -0.4 is 10.9 Å². The van der Waals surface area contributed by atoms with Crippen molar-refractivity contribution in [2.75, 3.05) is 0 Å². The predicted molar refractivity (Wildman–Crippen MR) is 62.1 cm³/mol. The first-order valence-electron chi connectivity index (χ1n) is 3.68. The zero-order valence-electron chi connectivity index (χ0n) is 7.30. The highest BCUT2D eigenvalue weighted by molar-refractivity contribution is 9.10. The van der Waals surface area contributed by atoms with Gasteiger partial charge in [0.05, 0.1) is 0 Å². The van der Waals surface area contributed by atoms with Gasteiger partial charge in [-0.2, -0.15) is 0 Å². The first-order valence-corrected chi connectivity index (χ1v) is 5.35. The van der Waals surface area contributed by atoms with E-state index in [0.29, 0.717) is 5.70 Å².